The van der Waals surface area contributed by atoms with E-state index in [-0.39, 0.29) is 11.9 Å². The van der Waals surface area contributed by atoms with Gasteiger partial charge in [-0.05, 0) is 25.5 Å². The molecule has 0 saturated carbocycles. The van der Waals surface area contributed by atoms with E-state index in [9.17, 15) is 4.39 Å². The lowest BCUT2D eigenvalue weighted by atomic mass is 10.1. The third-order valence-electron chi connectivity index (χ3n) is 3.91. The highest BCUT2D eigenvalue weighted by Gasteiger charge is 2.08. The van der Waals surface area contributed by atoms with Gasteiger partial charge >= 0.3 is 0 Å². The number of rotatable bonds is 6. The molecule has 1 unspecified atom stereocenters. The van der Waals surface area contributed by atoms with E-state index in [1.54, 1.807) is 12.1 Å². The van der Waals surface area contributed by atoms with Gasteiger partial charge in [-0.2, -0.15) is 4.98 Å². The fraction of sp³-hybridized carbons (Fsp3) is 0.200. The van der Waals surface area contributed by atoms with Gasteiger partial charge in [0, 0.05) is 29.9 Å². The Hall–Kier alpha value is -2.95. The van der Waals surface area contributed by atoms with E-state index in [2.05, 4.69) is 39.7 Å². The third-order valence-corrected chi connectivity index (χ3v) is 3.91. The molecule has 0 fully saturated rings. The molecular weight excluding hydrogens is 315 g/mol. The Morgan fingerprint density at radius 3 is 2.48 bits per heavy atom. The number of aromatic nitrogens is 2. The van der Waals surface area contributed by atoms with Crippen LogP contribution in [0.1, 0.15) is 29.8 Å². The van der Waals surface area contributed by atoms with Gasteiger partial charge < -0.3 is 10.6 Å². The maximum atomic E-state index is 13.7. The average molecular weight is 336 g/mol. The smallest absolute Gasteiger partial charge is 0.225 e. The Morgan fingerprint density at radius 2 is 1.72 bits per heavy atom. The van der Waals surface area contributed by atoms with E-state index in [0.29, 0.717) is 18.1 Å². The summed E-state index contributed by atoms with van der Waals surface area (Å²) in [6.07, 6.45) is 0. The molecule has 3 rings (SSSR count). The first-order valence-electron chi connectivity index (χ1n) is 8.26. The van der Waals surface area contributed by atoms with Crippen LogP contribution in [-0.4, -0.2) is 9.97 Å². The third kappa shape index (κ3) is 4.53. The van der Waals surface area contributed by atoms with Crippen molar-refractivity contribution >= 4 is 11.8 Å². The van der Waals surface area contributed by atoms with Gasteiger partial charge in [-0.1, -0.05) is 48.5 Å². The van der Waals surface area contributed by atoms with Gasteiger partial charge in [0.25, 0.3) is 0 Å². The number of nitrogens with one attached hydrogen (secondary N) is 2. The Labute approximate surface area is 147 Å². The van der Waals surface area contributed by atoms with Gasteiger partial charge in [-0.25, -0.2) is 9.37 Å². The molecule has 5 heteroatoms. The van der Waals surface area contributed by atoms with Crippen LogP contribution in [0.5, 0.6) is 0 Å². The largest absolute Gasteiger partial charge is 0.363 e. The normalized spacial score (nSPS) is 11.8. The van der Waals surface area contributed by atoms with E-state index >= 15 is 0 Å². The van der Waals surface area contributed by atoms with Crippen molar-refractivity contribution in [3.63, 3.8) is 0 Å². The predicted octanol–water partition coefficient (Wildman–Crippen LogP) is 4.71. The lowest BCUT2D eigenvalue weighted by molar-refractivity contribution is 0.612. The van der Waals surface area contributed by atoms with Crippen molar-refractivity contribution in [2.75, 3.05) is 10.6 Å². The van der Waals surface area contributed by atoms with Crippen molar-refractivity contribution in [1.29, 1.82) is 0 Å². The molecule has 4 nitrogen and oxygen atoms in total. The molecule has 0 aliphatic rings. The lowest BCUT2D eigenvalue weighted by Crippen LogP contribution is -2.11. The van der Waals surface area contributed by atoms with Crippen molar-refractivity contribution in [2.24, 2.45) is 0 Å². The van der Waals surface area contributed by atoms with Crippen molar-refractivity contribution in [3.8, 4) is 0 Å². The molecule has 1 aromatic heterocycles. The molecule has 2 N–H and O–H groups in total. The summed E-state index contributed by atoms with van der Waals surface area (Å²) in [5, 5.41) is 6.48. The number of hydrogen-bond donors (Lipinski definition) is 2. The highest BCUT2D eigenvalue weighted by molar-refractivity contribution is 5.44. The van der Waals surface area contributed by atoms with Crippen molar-refractivity contribution < 1.29 is 4.39 Å². The van der Waals surface area contributed by atoms with E-state index < -0.39 is 0 Å². The summed E-state index contributed by atoms with van der Waals surface area (Å²) in [7, 11) is 0. The zero-order chi connectivity index (χ0) is 17.6. The number of hydrogen-bond acceptors (Lipinski definition) is 4. The number of halogens is 1. The fourth-order valence-electron chi connectivity index (χ4n) is 2.58. The molecule has 0 aliphatic carbocycles. The standard InChI is InChI=1S/C20H21FN4/c1-14-12-19(24-15(2)16-8-4-3-5-9-16)25-20(23-14)22-13-17-10-6-7-11-18(17)21/h3-12,15H,13H2,1-2H3,(H2,22,23,24,25). The zero-order valence-corrected chi connectivity index (χ0v) is 14.3. The molecule has 0 aliphatic heterocycles. The second-order valence-corrected chi connectivity index (χ2v) is 5.94. The van der Waals surface area contributed by atoms with Gasteiger partial charge in [-0.3, -0.25) is 0 Å². The molecule has 128 valence electrons. The monoisotopic (exact) mass is 336 g/mol. The number of nitrogens with zero attached hydrogens (tertiary/aromatic N) is 2. The maximum absolute atomic E-state index is 13.7. The minimum atomic E-state index is -0.237. The van der Waals surface area contributed by atoms with Crippen LogP contribution in [-0.2, 0) is 6.54 Å². The zero-order valence-electron chi connectivity index (χ0n) is 14.3. The van der Waals surface area contributed by atoms with Crippen LogP contribution in [0, 0.1) is 12.7 Å². The molecular formula is C20H21FN4. The van der Waals surface area contributed by atoms with Gasteiger partial charge in [0.15, 0.2) is 0 Å². The van der Waals surface area contributed by atoms with Crippen LogP contribution in [0.3, 0.4) is 0 Å². The summed E-state index contributed by atoms with van der Waals surface area (Å²) in [6, 6.07) is 18.9. The van der Waals surface area contributed by atoms with Gasteiger partial charge in [0.1, 0.15) is 11.6 Å². The summed E-state index contributed by atoms with van der Waals surface area (Å²) in [4.78, 5) is 8.86. The van der Waals surface area contributed by atoms with E-state index in [1.165, 1.54) is 11.6 Å². The van der Waals surface area contributed by atoms with Crippen LogP contribution >= 0.6 is 0 Å². The summed E-state index contributed by atoms with van der Waals surface area (Å²) >= 11 is 0. The number of anilines is 2. The topological polar surface area (TPSA) is 49.8 Å². The minimum absolute atomic E-state index is 0.120. The van der Waals surface area contributed by atoms with Crippen LogP contribution in [0.15, 0.2) is 60.7 Å². The molecule has 0 spiro atoms. The number of aryl methyl sites for hydroxylation is 1. The summed E-state index contributed by atoms with van der Waals surface area (Å²) in [5.74, 6) is 0.976. The molecule has 1 heterocycles. The Balaban J connectivity index is 1.71. The molecule has 1 atom stereocenters. The molecule has 25 heavy (non-hydrogen) atoms. The summed E-state index contributed by atoms with van der Waals surface area (Å²) in [6.45, 7) is 4.33. The molecule has 0 bridgehead atoms. The molecule has 0 saturated heterocycles. The SMILES string of the molecule is Cc1cc(NC(C)c2ccccc2)nc(NCc2ccccc2F)n1. The molecule has 2 aromatic carbocycles. The van der Waals surface area contributed by atoms with Crippen LogP contribution < -0.4 is 10.6 Å². The Bertz CT molecular complexity index is 836. The van der Waals surface area contributed by atoms with E-state index in [4.69, 9.17) is 0 Å². The second-order valence-electron chi connectivity index (χ2n) is 5.94. The Morgan fingerprint density at radius 1 is 1.00 bits per heavy atom. The van der Waals surface area contributed by atoms with Gasteiger partial charge in [0.05, 0.1) is 0 Å². The highest BCUT2D eigenvalue weighted by Crippen LogP contribution is 2.19. The fourth-order valence-corrected chi connectivity index (χ4v) is 2.58. The van der Waals surface area contributed by atoms with Gasteiger partial charge in [0.2, 0.25) is 5.95 Å². The lowest BCUT2D eigenvalue weighted by Gasteiger charge is -2.16. The van der Waals surface area contributed by atoms with E-state index in [0.717, 1.165) is 11.5 Å². The average Bonchev–Trinajstić information content (AvgIpc) is 2.61. The first-order chi connectivity index (χ1) is 12.1. The van der Waals surface area contributed by atoms with Crippen LogP contribution in [0.2, 0.25) is 0 Å². The molecule has 0 radical (unpaired) electrons. The maximum Gasteiger partial charge on any atom is 0.225 e. The van der Waals surface area contributed by atoms with Crippen LogP contribution in [0.4, 0.5) is 16.2 Å². The molecule has 0 amide bonds. The predicted molar refractivity (Wildman–Crippen MR) is 99.0 cm³/mol. The van der Waals surface area contributed by atoms with Crippen molar-refractivity contribution in [3.05, 3.63) is 83.3 Å². The van der Waals surface area contributed by atoms with Crippen molar-refractivity contribution in [1.82, 2.24) is 9.97 Å². The highest BCUT2D eigenvalue weighted by atomic mass is 19.1. The first-order valence-corrected chi connectivity index (χ1v) is 8.26. The van der Waals surface area contributed by atoms with Crippen LogP contribution in [0.25, 0.3) is 0 Å². The second kappa shape index (κ2) is 7.75. The molecule has 3 aromatic rings. The van der Waals surface area contributed by atoms with Crippen molar-refractivity contribution in [2.45, 2.75) is 26.4 Å². The summed E-state index contributed by atoms with van der Waals surface area (Å²) < 4.78 is 13.7. The first kappa shape index (κ1) is 16.9. The minimum Gasteiger partial charge on any atom is -0.363 e. The Kier molecular flexibility index (Phi) is 5.23. The van der Waals surface area contributed by atoms with E-state index in [1.807, 2.05) is 37.3 Å². The quantitative estimate of drug-likeness (QED) is 0.684. The van der Waals surface area contributed by atoms with Gasteiger partial charge in [-0.15, -0.1) is 0 Å². The number of benzene rings is 2. The summed E-state index contributed by atoms with van der Waals surface area (Å²) in [5.41, 5.74) is 2.60.